The van der Waals surface area contributed by atoms with Crippen molar-refractivity contribution in [2.24, 2.45) is 10.3 Å². The van der Waals surface area contributed by atoms with Crippen molar-refractivity contribution in [2.45, 2.75) is 13.8 Å². The summed E-state index contributed by atoms with van der Waals surface area (Å²) >= 11 is 0. The molecule has 0 amide bonds. The minimum atomic E-state index is 0.357. The van der Waals surface area contributed by atoms with E-state index in [0.717, 1.165) is 22.6 Å². The van der Waals surface area contributed by atoms with E-state index in [1.165, 1.54) is 0 Å². The number of hydrogen-bond donors (Lipinski definition) is 0. The van der Waals surface area contributed by atoms with Crippen LogP contribution in [0.1, 0.15) is 25.0 Å². The van der Waals surface area contributed by atoms with Crippen molar-refractivity contribution in [1.82, 2.24) is 0 Å². The first-order chi connectivity index (χ1) is 10.8. The van der Waals surface area contributed by atoms with E-state index < -0.39 is 0 Å². The third-order valence-electron chi connectivity index (χ3n) is 3.05. The molecule has 0 N–H and O–H groups in total. The summed E-state index contributed by atoms with van der Waals surface area (Å²) in [7, 11) is 0. The molecule has 0 saturated carbocycles. The lowest BCUT2D eigenvalue weighted by atomic mass is 10.1. The lowest BCUT2D eigenvalue weighted by molar-refractivity contribution is 0.0540. The lowest BCUT2D eigenvalue weighted by Crippen LogP contribution is -2.03. The van der Waals surface area contributed by atoms with Crippen LogP contribution >= 0.6 is 0 Å². The van der Waals surface area contributed by atoms with E-state index in [1.807, 2.05) is 74.5 Å². The smallest absolute Gasteiger partial charge is 0.153 e. The zero-order chi connectivity index (χ0) is 15.6. The summed E-state index contributed by atoms with van der Waals surface area (Å²) in [5, 5.41) is 8.11. The van der Waals surface area contributed by atoms with Crippen molar-refractivity contribution in [3.05, 3.63) is 71.8 Å². The highest BCUT2D eigenvalue weighted by Gasteiger charge is 1.97. The standard InChI is InChI=1S/C18H20N2O2/c1-15(17-9-5-3-6-10-17)19-21-13-14-22-20-16(2)18-11-7-4-8-12-18/h3-12H,13-14H2,1-2H3/b19-15-,20-16-. The normalized spacial score (nSPS) is 12.1. The van der Waals surface area contributed by atoms with Crippen molar-refractivity contribution in [3.63, 3.8) is 0 Å². The zero-order valence-corrected chi connectivity index (χ0v) is 12.9. The average molecular weight is 296 g/mol. The van der Waals surface area contributed by atoms with Crippen LogP contribution in [0.5, 0.6) is 0 Å². The van der Waals surface area contributed by atoms with Crippen LogP contribution in [0.2, 0.25) is 0 Å². The zero-order valence-electron chi connectivity index (χ0n) is 12.9. The van der Waals surface area contributed by atoms with Gasteiger partial charge in [0, 0.05) is 0 Å². The van der Waals surface area contributed by atoms with Crippen LogP contribution in [0.3, 0.4) is 0 Å². The third-order valence-corrected chi connectivity index (χ3v) is 3.05. The average Bonchev–Trinajstić information content (AvgIpc) is 2.59. The fraction of sp³-hybridized carbons (Fsp3) is 0.222. The lowest BCUT2D eigenvalue weighted by Gasteiger charge is -2.03. The highest BCUT2D eigenvalue weighted by Crippen LogP contribution is 2.02. The van der Waals surface area contributed by atoms with Crippen molar-refractivity contribution in [1.29, 1.82) is 0 Å². The predicted octanol–water partition coefficient (Wildman–Crippen LogP) is 3.87. The molecule has 0 bridgehead atoms. The predicted molar refractivity (Wildman–Crippen MR) is 89.2 cm³/mol. The van der Waals surface area contributed by atoms with Crippen LogP contribution < -0.4 is 0 Å². The Labute approximate surface area is 131 Å². The van der Waals surface area contributed by atoms with Crippen LogP contribution in [0.25, 0.3) is 0 Å². The molecular weight excluding hydrogens is 276 g/mol. The maximum atomic E-state index is 5.23. The number of benzene rings is 2. The third kappa shape index (κ3) is 5.05. The Bertz CT molecular complexity index is 565. The van der Waals surface area contributed by atoms with E-state index in [1.54, 1.807) is 0 Å². The molecule has 0 unspecified atom stereocenters. The second-order valence-electron chi connectivity index (χ2n) is 4.75. The van der Waals surface area contributed by atoms with E-state index in [-0.39, 0.29) is 0 Å². The van der Waals surface area contributed by atoms with Gasteiger partial charge >= 0.3 is 0 Å². The maximum Gasteiger partial charge on any atom is 0.153 e. The molecule has 22 heavy (non-hydrogen) atoms. The summed E-state index contributed by atoms with van der Waals surface area (Å²) in [6.07, 6.45) is 0. The maximum absolute atomic E-state index is 5.23. The van der Waals surface area contributed by atoms with Gasteiger partial charge in [-0.05, 0) is 25.0 Å². The minimum Gasteiger partial charge on any atom is -0.392 e. The Morgan fingerprint density at radius 2 is 1.05 bits per heavy atom. The fourth-order valence-corrected chi connectivity index (χ4v) is 1.82. The summed E-state index contributed by atoms with van der Waals surface area (Å²) in [6, 6.07) is 19.8. The number of hydrogen-bond acceptors (Lipinski definition) is 4. The van der Waals surface area contributed by atoms with E-state index in [9.17, 15) is 0 Å². The largest absolute Gasteiger partial charge is 0.392 e. The van der Waals surface area contributed by atoms with Gasteiger partial charge in [-0.3, -0.25) is 0 Å². The molecule has 0 aliphatic rings. The van der Waals surface area contributed by atoms with Crippen molar-refractivity contribution < 1.29 is 9.68 Å². The molecule has 0 fully saturated rings. The number of nitrogens with zero attached hydrogens (tertiary/aromatic N) is 2. The van der Waals surface area contributed by atoms with Gasteiger partial charge in [-0.15, -0.1) is 0 Å². The molecule has 0 radical (unpaired) electrons. The van der Waals surface area contributed by atoms with Crippen molar-refractivity contribution in [2.75, 3.05) is 13.2 Å². The molecule has 0 atom stereocenters. The monoisotopic (exact) mass is 296 g/mol. The van der Waals surface area contributed by atoms with Crippen molar-refractivity contribution >= 4 is 11.4 Å². The Morgan fingerprint density at radius 1 is 0.682 bits per heavy atom. The second-order valence-corrected chi connectivity index (χ2v) is 4.75. The minimum absolute atomic E-state index is 0.357. The highest BCUT2D eigenvalue weighted by molar-refractivity contribution is 5.98. The fourth-order valence-electron chi connectivity index (χ4n) is 1.82. The SMILES string of the molecule is C/C(=N/OCCO/N=C(/C)c1ccccc1)c1ccccc1. The number of rotatable bonds is 7. The Balaban J connectivity index is 1.71. The molecule has 0 aromatic heterocycles. The van der Waals surface area contributed by atoms with E-state index in [0.29, 0.717) is 13.2 Å². The molecule has 0 heterocycles. The summed E-state index contributed by atoms with van der Waals surface area (Å²) < 4.78 is 0. The molecule has 0 aliphatic carbocycles. The van der Waals surface area contributed by atoms with Gasteiger partial charge in [-0.25, -0.2) is 0 Å². The summed E-state index contributed by atoms with van der Waals surface area (Å²) in [6.45, 7) is 4.53. The van der Waals surface area contributed by atoms with E-state index in [2.05, 4.69) is 10.3 Å². The molecule has 2 aromatic carbocycles. The number of oxime groups is 2. The first kappa shape index (κ1) is 15.8. The van der Waals surface area contributed by atoms with Crippen molar-refractivity contribution in [3.8, 4) is 0 Å². The molecule has 2 rings (SSSR count). The van der Waals surface area contributed by atoms with Gasteiger partial charge in [0.25, 0.3) is 0 Å². The van der Waals surface area contributed by atoms with Crippen LogP contribution in [0.4, 0.5) is 0 Å². The summed E-state index contributed by atoms with van der Waals surface area (Å²) in [5.74, 6) is 0. The molecule has 4 nitrogen and oxygen atoms in total. The first-order valence-electron chi connectivity index (χ1n) is 7.21. The van der Waals surface area contributed by atoms with Gasteiger partial charge in [0.2, 0.25) is 0 Å². The first-order valence-corrected chi connectivity index (χ1v) is 7.21. The quantitative estimate of drug-likeness (QED) is 0.442. The van der Waals surface area contributed by atoms with Gasteiger partial charge in [-0.1, -0.05) is 71.0 Å². The summed E-state index contributed by atoms with van der Waals surface area (Å²) in [5.41, 5.74) is 3.76. The van der Waals surface area contributed by atoms with Crippen LogP contribution in [-0.2, 0) is 9.68 Å². The molecule has 114 valence electrons. The molecular formula is C18H20N2O2. The Kier molecular flexibility index (Phi) is 6.18. The second kappa shape index (κ2) is 8.62. The molecule has 0 spiro atoms. The van der Waals surface area contributed by atoms with E-state index in [4.69, 9.17) is 9.68 Å². The van der Waals surface area contributed by atoms with Gasteiger partial charge in [-0.2, -0.15) is 0 Å². The van der Waals surface area contributed by atoms with Gasteiger partial charge < -0.3 is 9.68 Å². The van der Waals surface area contributed by atoms with Gasteiger partial charge in [0.05, 0.1) is 11.4 Å². The van der Waals surface area contributed by atoms with Crippen LogP contribution in [-0.4, -0.2) is 24.6 Å². The summed E-state index contributed by atoms with van der Waals surface area (Å²) in [4.78, 5) is 10.5. The van der Waals surface area contributed by atoms with E-state index >= 15 is 0 Å². The molecule has 0 saturated heterocycles. The van der Waals surface area contributed by atoms with Gasteiger partial charge in [0.15, 0.2) is 13.2 Å². The molecule has 2 aromatic rings. The molecule has 4 heteroatoms. The van der Waals surface area contributed by atoms with Gasteiger partial charge in [0.1, 0.15) is 0 Å². The van der Waals surface area contributed by atoms with Crippen LogP contribution in [0, 0.1) is 0 Å². The van der Waals surface area contributed by atoms with Crippen LogP contribution in [0.15, 0.2) is 71.0 Å². The Hall–Kier alpha value is -2.62. The highest BCUT2D eigenvalue weighted by atomic mass is 16.7. The Morgan fingerprint density at radius 3 is 1.41 bits per heavy atom. The topological polar surface area (TPSA) is 43.2 Å². The molecule has 0 aliphatic heterocycles.